The normalized spacial score (nSPS) is 32.9. The summed E-state index contributed by atoms with van der Waals surface area (Å²) in [5.41, 5.74) is 6.54. The zero-order valence-corrected chi connectivity index (χ0v) is 9.34. The van der Waals surface area contributed by atoms with Crippen LogP contribution in [-0.4, -0.2) is 52.5 Å². The highest BCUT2D eigenvalue weighted by Crippen LogP contribution is 2.26. The topological polar surface area (TPSA) is 58.3 Å². The van der Waals surface area contributed by atoms with Gasteiger partial charge in [0.1, 0.15) is 5.82 Å². The molecule has 4 rings (SSSR count). The minimum absolute atomic E-state index is 0.384. The number of rotatable bonds is 2. The molecule has 2 bridgehead atoms. The van der Waals surface area contributed by atoms with Crippen LogP contribution in [0.3, 0.4) is 0 Å². The van der Waals surface area contributed by atoms with Crippen molar-refractivity contribution in [1.82, 2.24) is 19.8 Å². The second-order valence-corrected chi connectivity index (χ2v) is 4.51. The van der Waals surface area contributed by atoms with E-state index in [4.69, 9.17) is 5.73 Å². The molecule has 1 aromatic rings. The highest BCUT2D eigenvalue weighted by atomic mass is 15.4. The number of aromatic nitrogens is 2. The van der Waals surface area contributed by atoms with Crippen LogP contribution in [0.15, 0.2) is 12.4 Å². The molecule has 3 saturated heterocycles. The van der Waals surface area contributed by atoms with Gasteiger partial charge in [0.25, 0.3) is 0 Å². The zero-order chi connectivity index (χ0) is 11.0. The van der Waals surface area contributed by atoms with Gasteiger partial charge >= 0.3 is 0 Å². The summed E-state index contributed by atoms with van der Waals surface area (Å²) < 4.78 is 0. The lowest BCUT2D eigenvalue weighted by molar-refractivity contribution is 0.00862. The van der Waals surface area contributed by atoms with E-state index in [1.165, 1.54) is 13.1 Å². The SMILES string of the molecule is NCc1cnc(C2CN3CCN2CC3)nc1. The van der Waals surface area contributed by atoms with E-state index in [1.807, 2.05) is 12.4 Å². The number of hydrogen-bond donors (Lipinski definition) is 1. The molecule has 3 fully saturated rings. The maximum Gasteiger partial charge on any atom is 0.146 e. The van der Waals surface area contributed by atoms with Crippen LogP contribution in [0.4, 0.5) is 0 Å². The first-order chi connectivity index (χ1) is 7.86. The first-order valence-electron chi connectivity index (χ1n) is 5.84. The molecule has 3 aliphatic heterocycles. The van der Waals surface area contributed by atoms with Gasteiger partial charge < -0.3 is 5.73 Å². The van der Waals surface area contributed by atoms with Crippen molar-refractivity contribution in [2.75, 3.05) is 32.7 Å². The van der Waals surface area contributed by atoms with Gasteiger partial charge in [-0.3, -0.25) is 9.80 Å². The van der Waals surface area contributed by atoms with Crippen LogP contribution in [0.5, 0.6) is 0 Å². The molecule has 0 spiro atoms. The summed E-state index contributed by atoms with van der Waals surface area (Å²) in [5, 5.41) is 0. The van der Waals surface area contributed by atoms with Crippen molar-refractivity contribution in [2.24, 2.45) is 5.73 Å². The average molecular weight is 219 g/mol. The predicted octanol–water partition coefficient (Wildman–Crippen LogP) is -0.392. The molecule has 0 amide bonds. The third kappa shape index (κ3) is 1.71. The van der Waals surface area contributed by atoms with Crippen LogP contribution in [0.25, 0.3) is 0 Å². The van der Waals surface area contributed by atoms with E-state index in [0.29, 0.717) is 12.6 Å². The van der Waals surface area contributed by atoms with E-state index < -0.39 is 0 Å². The summed E-state index contributed by atoms with van der Waals surface area (Å²) in [6.07, 6.45) is 3.70. The zero-order valence-electron chi connectivity index (χ0n) is 9.34. The molecule has 0 radical (unpaired) electrons. The fourth-order valence-electron chi connectivity index (χ4n) is 2.50. The highest BCUT2D eigenvalue weighted by molar-refractivity contribution is 5.08. The summed E-state index contributed by atoms with van der Waals surface area (Å²) in [7, 11) is 0. The molecular weight excluding hydrogens is 202 g/mol. The van der Waals surface area contributed by atoms with E-state index in [9.17, 15) is 0 Å². The van der Waals surface area contributed by atoms with Crippen LogP contribution in [0, 0.1) is 0 Å². The van der Waals surface area contributed by atoms with Crippen LogP contribution in [-0.2, 0) is 6.54 Å². The summed E-state index contributed by atoms with van der Waals surface area (Å²) in [6, 6.07) is 0.384. The van der Waals surface area contributed by atoms with Gasteiger partial charge in [-0.15, -0.1) is 0 Å². The quantitative estimate of drug-likeness (QED) is 0.734. The van der Waals surface area contributed by atoms with Gasteiger partial charge in [0.15, 0.2) is 0 Å². The Kier molecular flexibility index (Phi) is 2.59. The number of fused-ring (bicyclic) bond motifs is 3. The monoisotopic (exact) mass is 219 g/mol. The van der Waals surface area contributed by atoms with Crippen LogP contribution in [0.2, 0.25) is 0 Å². The second kappa shape index (κ2) is 4.08. The fraction of sp³-hybridized carbons (Fsp3) is 0.636. The Morgan fingerprint density at radius 3 is 2.38 bits per heavy atom. The molecule has 16 heavy (non-hydrogen) atoms. The first-order valence-corrected chi connectivity index (χ1v) is 5.84. The van der Waals surface area contributed by atoms with Gasteiger partial charge in [-0.25, -0.2) is 9.97 Å². The summed E-state index contributed by atoms with van der Waals surface area (Å²) in [6.45, 7) is 6.26. The maximum absolute atomic E-state index is 5.54. The van der Waals surface area contributed by atoms with Crippen molar-refractivity contribution in [3.05, 3.63) is 23.8 Å². The number of hydrogen-bond acceptors (Lipinski definition) is 5. The Morgan fingerprint density at radius 2 is 1.88 bits per heavy atom. The molecular formula is C11H17N5. The van der Waals surface area contributed by atoms with Crippen molar-refractivity contribution in [3.63, 3.8) is 0 Å². The van der Waals surface area contributed by atoms with E-state index in [-0.39, 0.29) is 0 Å². The van der Waals surface area contributed by atoms with E-state index in [1.54, 1.807) is 0 Å². The average Bonchev–Trinajstić information content (AvgIpc) is 2.40. The summed E-state index contributed by atoms with van der Waals surface area (Å²) in [4.78, 5) is 13.8. The molecule has 86 valence electrons. The van der Waals surface area contributed by atoms with E-state index in [2.05, 4.69) is 19.8 Å². The van der Waals surface area contributed by atoms with Crippen molar-refractivity contribution in [3.8, 4) is 0 Å². The van der Waals surface area contributed by atoms with Gasteiger partial charge in [-0.1, -0.05) is 0 Å². The number of nitrogens with two attached hydrogens (primary N) is 1. The Hall–Kier alpha value is -1.04. The Morgan fingerprint density at radius 1 is 1.19 bits per heavy atom. The minimum atomic E-state index is 0.384. The third-order valence-electron chi connectivity index (χ3n) is 3.54. The van der Waals surface area contributed by atoms with Gasteiger partial charge in [-0.05, 0) is 0 Å². The first kappa shape index (κ1) is 10.1. The van der Waals surface area contributed by atoms with Crippen LogP contribution < -0.4 is 5.73 Å². The van der Waals surface area contributed by atoms with Crippen molar-refractivity contribution < 1.29 is 0 Å². The fourth-order valence-corrected chi connectivity index (χ4v) is 2.50. The molecule has 1 unspecified atom stereocenters. The largest absolute Gasteiger partial charge is 0.326 e. The van der Waals surface area contributed by atoms with Gasteiger partial charge in [0.2, 0.25) is 0 Å². The van der Waals surface area contributed by atoms with Crippen molar-refractivity contribution in [1.29, 1.82) is 0 Å². The third-order valence-corrected chi connectivity index (χ3v) is 3.54. The van der Waals surface area contributed by atoms with Gasteiger partial charge in [0.05, 0.1) is 6.04 Å². The Balaban J connectivity index is 1.81. The summed E-state index contributed by atoms with van der Waals surface area (Å²) in [5.74, 6) is 0.946. The van der Waals surface area contributed by atoms with E-state index >= 15 is 0 Å². The van der Waals surface area contributed by atoms with Gasteiger partial charge in [0, 0.05) is 57.2 Å². The number of piperazine rings is 3. The molecule has 0 aromatic carbocycles. The van der Waals surface area contributed by atoms with E-state index in [0.717, 1.165) is 31.0 Å². The van der Waals surface area contributed by atoms with Crippen molar-refractivity contribution >= 4 is 0 Å². The summed E-state index contributed by atoms with van der Waals surface area (Å²) >= 11 is 0. The lowest BCUT2D eigenvalue weighted by atomic mass is 10.1. The lowest BCUT2D eigenvalue weighted by Gasteiger charge is -2.46. The number of nitrogens with zero attached hydrogens (tertiary/aromatic N) is 4. The predicted molar refractivity (Wildman–Crippen MR) is 60.7 cm³/mol. The molecule has 3 aliphatic rings. The molecule has 1 atom stereocenters. The van der Waals surface area contributed by atoms with Crippen LogP contribution in [0.1, 0.15) is 17.4 Å². The maximum atomic E-state index is 5.54. The lowest BCUT2D eigenvalue weighted by Crippen LogP contribution is -2.57. The molecule has 5 nitrogen and oxygen atoms in total. The molecule has 2 N–H and O–H groups in total. The Labute approximate surface area is 95.3 Å². The molecule has 0 aliphatic carbocycles. The van der Waals surface area contributed by atoms with Gasteiger partial charge in [-0.2, -0.15) is 0 Å². The minimum Gasteiger partial charge on any atom is -0.326 e. The molecule has 5 heteroatoms. The molecule has 4 heterocycles. The second-order valence-electron chi connectivity index (χ2n) is 4.51. The molecule has 0 saturated carbocycles. The smallest absolute Gasteiger partial charge is 0.146 e. The standard InChI is InChI=1S/C11H17N5/c12-5-9-6-13-11(14-7-9)10-8-15-1-3-16(10)4-2-15/h6-7,10H,1-5,8,12H2. The molecule has 1 aromatic heterocycles. The van der Waals surface area contributed by atoms with Crippen LogP contribution >= 0.6 is 0 Å². The highest BCUT2D eigenvalue weighted by Gasteiger charge is 2.34. The van der Waals surface area contributed by atoms with Crippen molar-refractivity contribution in [2.45, 2.75) is 12.6 Å². The Bertz CT molecular complexity index is 355.